The molecule has 0 bridgehead atoms. The predicted molar refractivity (Wildman–Crippen MR) is 47.6 cm³/mol. The lowest BCUT2D eigenvalue weighted by molar-refractivity contribution is -0.146. The van der Waals surface area contributed by atoms with Crippen molar-refractivity contribution in [1.82, 2.24) is 0 Å². The smallest absolute Gasteiger partial charge is 0.331 e. The molecule has 0 aliphatic rings. The number of esters is 1. The van der Waals surface area contributed by atoms with Crippen LogP contribution in [0.2, 0.25) is 0 Å². The highest BCUT2D eigenvalue weighted by molar-refractivity contribution is 5.70. The van der Waals surface area contributed by atoms with Gasteiger partial charge in [-0.3, -0.25) is 0 Å². The Labute approximate surface area is 82.3 Å². The van der Waals surface area contributed by atoms with Crippen molar-refractivity contribution in [2.45, 2.75) is 6.17 Å². The number of carbonyl (C=O) groups excluding carboxylic acids is 1. The lowest BCUT2D eigenvalue weighted by Gasteiger charge is -2.06. The molecule has 0 heterocycles. The molecule has 0 radical (unpaired) electrons. The molecule has 2 N–H and O–H groups in total. The fourth-order valence-electron chi connectivity index (χ4n) is 0.612. The first-order valence-electron chi connectivity index (χ1n) is 4.27. The zero-order valence-corrected chi connectivity index (χ0v) is 8.20. The van der Waals surface area contributed by atoms with E-state index in [0.717, 1.165) is 0 Å². The normalized spacial score (nSPS) is 12.5. The van der Waals surface area contributed by atoms with Gasteiger partial charge in [-0.05, 0) is 0 Å². The highest BCUT2D eigenvalue weighted by atomic mass is 19.1. The Bertz CT molecular complexity index is 156. The number of nitrogens with two attached hydrogens (primary N) is 1. The van der Waals surface area contributed by atoms with Crippen LogP contribution >= 0.6 is 0 Å². The Kier molecular flexibility index (Phi) is 8.40. The summed E-state index contributed by atoms with van der Waals surface area (Å²) in [7, 11) is 1.27. The van der Waals surface area contributed by atoms with Gasteiger partial charge in [0, 0.05) is 6.54 Å². The minimum atomic E-state index is -1.14. The van der Waals surface area contributed by atoms with E-state index < -0.39 is 12.1 Å². The van der Waals surface area contributed by atoms with E-state index in [-0.39, 0.29) is 33.0 Å². The first-order valence-corrected chi connectivity index (χ1v) is 4.27. The molecule has 1 atom stereocenters. The summed E-state index contributed by atoms with van der Waals surface area (Å²) in [5, 5.41) is 0. The van der Waals surface area contributed by atoms with Gasteiger partial charge in [-0.25, -0.2) is 9.18 Å². The molecule has 1 unspecified atom stereocenters. The third kappa shape index (κ3) is 7.90. The largest absolute Gasteiger partial charge is 0.467 e. The molecule has 0 spiro atoms. The summed E-state index contributed by atoms with van der Waals surface area (Å²) >= 11 is 0. The molecule has 0 saturated carbocycles. The maximum Gasteiger partial charge on any atom is 0.331 e. The van der Waals surface area contributed by atoms with Gasteiger partial charge in [-0.2, -0.15) is 0 Å². The van der Waals surface area contributed by atoms with Crippen molar-refractivity contribution in [2.24, 2.45) is 5.73 Å². The number of hydrogen-bond acceptors (Lipinski definition) is 5. The number of halogens is 1. The summed E-state index contributed by atoms with van der Waals surface area (Å²) in [6, 6.07) is 0. The second-order valence-corrected chi connectivity index (χ2v) is 2.54. The van der Waals surface area contributed by atoms with Crippen molar-refractivity contribution >= 4 is 5.97 Å². The van der Waals surface area contributed by atoms with Gasteiger partial charge < -0.3 is 19.9 Å². The van der Waals surface area contributed by atoms with Gasteiger partial charge in [-0.15, -0.1) is 0 Å². The summed E-state index contributed by atoms with van der Waals surface area (Å²) in [5.74, 6) is -0.449. The number of ether oxygens (including phenoxy) is 3. The van der Waals surface area contributed by atoms with Crippen LogP contribution in [-0.2, 0) is 19.0 Å². The summed E-state index contributed by atoms with van der Waals surface area (Å²) in [5.41, 5.74) is 5.02. The molecule has 0 fully saturated rings. The Morgan fingerprint density at radius 1 is 1.43 bits per heavy atom. The van der Waals surface area contributed by atoms with E-state index >= 15 is 0 Å². The number of rotatable bonds is 8. The zero-order valence-electron chi connectivity index (χ0n) is 8.20. The van der Waals surface area contributed by atoms with Crippen LogP contribution in [0, 0.1) is 0 Å². The summed E-state index contributed by atoms with van der Waals surface area (Å²) < 4.78 is 26.5. The van der Waals surface area contributed by atoms with Crippen molar-refractivity contribution in [3.05, 3.63) is 0 Å². The van der Waals surface area contributed by atoms with Crippen molar-refractivity contribution in [3.8, 4) is 0 Å². The molecule has 5 nitrogen and oxygen atoms in total. The average molecular weight is 209 g/mol. The number of hydrogen-bond donors (Lipinski definition) is 1. The maximum absolute atomic E-state index is 12.5. The molecule has 0 saturated heterocycles. The van der Waals surface area contributed by atoms with E-state index in [2.05, 4.69) is 4.74 Å². The number of alkyl halides is 1. The van der Waals surface area contributed by atoms with Crippen LogP contribution in [0.1, 0.15) is 0 Å². The third-order valence-electron chi connectivity index (χ3n) is 1.37. The van der Waals surface area contributed by atoms with Crippen LogP contribution in [0.4, 0.5) is 4.39 Å². The van der Waals surface area contributed by atoms with Gasteiger partial charge in [0.1, 0.15) is 12.8 Å². The lowest BCUT2D eigenvalue weighted by Crippen LogP contribution is -2.22. The van der Waals surface area contributed by atoms with Crippen molar-refractivity contribution in [3.63, 3.8) is 0 Å². The fraction of sp³-hybridized carbons (Fsp3) is 0.875. The van der Waals surface area contributed by atoms with Crippen molar-refractivity contribution in [1.29, 1.82) is 0 Å². The lowest BCUT2D eigenvalue weighted by atomic mass is 10.4. The standard InChI is InChI=1S/C8H16FNO4/c1-12-8(11)6-14-3-2-13-5-7(9)4-10/h7H,2-6,10H2,1H3. The van der Waals surface area contributed by atoms with Crippen LogP contribution in [-0.4, -0.2) is 52.2 Å². The maximum atomic E-state index is 12.5. The van der Waals surface area contributed by atoms with Gasteiger partial charge in [0.25, 0.3) is 0 Å². The molecule has 0 aliphatic carbocycles. The van der Waals surface area contributed by atoms with Gasteiger partial charge in [0.05, 0.1) is 26.9 Å². The summed E-state index contributed by atoms with van der Waals surface area (Å²) in [6.45, 7) is 0.251. The number of carbonyl (C=O) groups is 1. The van der Waals surface area contributed by atoms with E-state index in [1.165, 1.54) is 7.11 Å². The summed E-state index contributed by atoms with van der Waals surface area (Å²) in [4.78, 5) is 10.5. The third-order valence-corrected chi connectivity index (χ3v) is 1.37. The predicted octanol–water partition coefficient (Wildman–Crippen LogP) is -0.511. The fourth-order valence-corrected chi connectivity index (χ4v) is 0.612. The van der Waals surface area contributed by atoms with E-state index in [0.29, 0.717) is 0 Å². The van der Waals surface area contributed by atoms with Gasteiger partial charge in [-0.1, -0.05) is 0 Å². The van der Waals surface area contributed by atoms with E-state index in [1.807, 2.05) is 0 Å². The second kappa shape index (κ2) is 8.86. The molecular weight excluding hydrogens is 193 g/mol. The van der Waals surface area contributed by atoms with Gasteiger partial charge >= 0.3 is 5.97 Å². The first-order chi connectivity index (χ1) is 6.70. The summed E-state index contributed by atoms with van der Waals surface area (Å²) in [6.07, 6.45) is -1.14. The Morgan fingerprint density at radius 3 is 2.64 bits per heavy atom. The molecule has 84 valence electrons. The molecule has 0 aliphatic heterocycles. The minimum absolute atomic E-state index is 0.0436. The van der Waals surface area contributed by atoms with E-state index in [1.54, 1.807) is 0 Å². The zero-order chi connectivity index (χ0) is 10.8. The Balaban J connectivity index is 3.10. The van der Waals surface area contributed by atoms with Crippen LogP contribution in [0.3, 0.4) is 0 Å². The molecule has 6 heteroatoms. The molecule has 0 aromatic heterocycles. The topological polar surface area (TPSA) is 70.8 Å². The molecule has 0 amide bonds. The molecule has 14 heavy (non-hydrogen) atoms. The van der Waals surface area contributed by atoms with Gasteiger partial charge in [0.2, 0.25) is 0 Å². The van der Waals surface area contributed by atoms with Crippen LogP contribution < -0.4 is 5.73 Å². The van der Waals surface area contributed by atoms with Crippen molar-refractivity contribution < 1.29 is 23.4 Å². The minimum Gasteiger partial charge on any atom is -0.467 e. The first kappa shape index (κ1) is 13.3. The molecule has 0 aromatic carbocycles. The van der Waals surface area contributed by atoms with Crippen LogP contribution in [0.5, 0.6) is 0 Å². The van der Waals surface area contributed by atoms with E-state index in [9.17, 15) is 9.18 Å². The van der Waals surface area contributed by atoms with Crippen LogP contribution in [0.15, 0.2) is 0 Å². The average Bonchev–Trinajstić information content (AvgIpc) is 2.22. The van der Waals surface area contributed by atoms with E-state index in [4.69, 9.17) is 15.2 Å². The monoisotopic (exact) mass is 209 g/mol. The Morgan fingerprint density at radius 2 is 2.07 bits per heavy atom. The molecular formula is C8H16FNO4. The van der Waals surface area contributed by atoms with Crippen LogP contribution in [0.25, 0.3) is 0 Å². The molecule has 0 aromatic rings. The second-order valence-electron chi connectivity index (χ2n) is 2.54. The molecule has 0 rings (SSSR count). The highest BCUT2D eigenvalue weighted by Crippen LogP contribution is 1.89. The SMILES string of the molecule is COC(=O)COCCOCC(F)CN. The number of methoxy groups -OCH3 is 1. The van der Waals surface area contributed by atoms with Crippen molar-refractivity contribution in [2.75, 3.05) is 40.1 Å². The highest BCUT2D eigenvalue weighted by Gasteiger charge is 2.03. The Hall–Kier alpha value is -0.720. The van der Waals surface area contributed by atoms with Gasteiger partial charge in [0.15, 0.2) is 0 Å². The quantitative estimate of drug-likeness (QED) is 0.430.